The van der Waals surface area contributed by atoms with E-state index in [0.717, 1.165) is 0 Å². The van der Waals surface area contributed by atoms with E-state index in [4.69, 9.17) is 15.9 Å². The van der Waals surface area contributed by atoms with E-state index >= 15 is 0 Å². The molecule has 0 spiro atoms. The SMILES string of the molecule is Cc1nnc(CN=C(N)N)o1. The highest BCUT2D eigenvalue weighted by Gasteiger charge is 1.98. The molecule has 1 aromatic rings. The van der Waals surface area contributed by atoms with E-state index in [-0.39, 0.29) is 12.5 Å². The summed E-state index contributed by atoms with van der Waals surface area (Å²) in [7, 11) is 0. The smallest absolute Gasteiger partial charge is 0.237 e. The molecule has 60 valence electrons. The van der Waals surface area contributed by atoms with Crippen LogP contribution in [-0.4, -0.2) is 16.2 Å². The lowest BCUT2D eigenvalue weighted by Gasteiger charge is -1.87. The zero-order valence-electron chi connectivity index (χ0n) is 6.11. The molecule has 4 N–H and O–H groups in total. The van der Waals surface area contributed by atoms with Crippen LogP contribution in [0.4, 0.5) is 0 Å². The van der Waals surface area contributed by atoms with Gasteiger partial charge in [-0.25, -0.2) is 4.99 Å². The van der Waals surface area contributed by atoms with Gasteiger partial charge in [-0.2, -0.15) is 0 Å². The van der Waals surface area contributed by atoms with Gasteiger partial charge in [-0.1, -0.05) is 0 Å². The van der Waals surface area contributed by atoms with Gasteiger partial charge in [-0.3, -0.25) is 0 Å². The van der Waals surface area contributed by atoms with Crippen LogP contribution in [0.25, 0.3) is 0 Å². The third-order valence-corrected chi connectivity index (χ3v) is 0.965. The summed E-state index contributed by atoms with van der Waals surface area (Å²) in [5, 5.41) is 7.28. The van der Waals surface area contributed by atoms with E-state index in [0.29, 0.717) is 11.8 Å². The van der Waals surface area contributed by atoms with Gasteiger partial charge >= 0.3 is 0 Å². The van der Waals surface area contributed by atoms with Crippen molar-refractivity contribution < 1.29 is 4.42 Å². The molecule has 0 saturated carbocycles. The lowest BCUT2D eigenvalue weighted by Crippen LogP contribution is -2.22. The molecule has 0 amide bonds. The van der Waals surface area contributed by atoms with Crippen molar-refractivity contribution in [1.29, 1.82) is 0 Å². The standard InChI is InChI=1S/C5H9N5O/c1-3-9-10-4(11-3)2-8-5(6)7/h2H2,1H3,(H4,6,7,8). The largest absolute Gasteiger partial charge is 0.424 e. The van der Waals surface area contributed by atoms with Crippen molar-refractivity contribution in [3.63, 3.8) is 0 Å². The summed E-state index contributed by atoms with van der Waals surface area (Å²) in [5.41, 5.74) is 10.2. The molecule has 0 bridgehead atoms. The molecule has 0 radical (unpaired) electrons. The van der Waals surface area contributed by atoms with Gasteiger partial charge in [0.1, 0.15) is 6.54 Å². The Balaban J connectivity index is 2.58. The number of rotatable bonds is 2. The Morgan fingerprint density at radius 1 is 1.55 bits per heavy atom. The fourth-order valence-corrected chi connectivity index (χ4v) is 0.560. The minimum absolute atomic E-state index is 0.0147. The van der Waals surface area contributed by atoms with Gasteiger partial charge in [0.25, 0.3) is 0 Å². The summed E-state index contributed by atoms with van der Waals surface area (Å²) in [6.07, 6.45) is 0. The van der Waals surface area contributed by atoms with Crippen LogP contribution in [-0.2, 0) is 6.54 Å². The Morgan fingerprint density at radius 3 is 2.73 bits per heavy atom. The molecule has 6 nitrogen and oxygen atoms in total. The molecule has 0 atom stereocenters. The number of aryl methyl sites for hydroxylation is 1. The summed E-state index contributed by atoms with van der Waals surface area (Å²) in [5.74, 6) is 0.933. The molecule has 0 aromatic carbocycles. The quantitative estimate of drug-likeness (QED) is 0.427. The van der Waals surface area contributed by atoms with E-state index in [1.807, 2.05) is 0 Å². The Hall–Kier alpha value is -1.59. The second kappa shape index (κ2) is 3.00. The van der Waals surface area contributed by atoms with E-state index in [2.05, 4.69) is 15.2 Å². The maximum absolute atomic E-state index is 5.08. The number of guanidine groups is 1. The third-order valence-electron chi connectivity index (χ3n) is 0.965. The molecule has 0 aliphatic carbocycles. The van der Waals surface area contributed by atoms with Gasteiger partial charge in [0.2, 0.25) is 11.8 Å². The van der Waals surface area contributed by atoms with Crippen molar-refractivity contribution in [2.45, 2.75) is 13.5 Å². The van der Waals surface area contributed by atoms with Crippen LogP contribution >= 0.6 is 0 Å². The van der Waals surface area contributed by atoms with Crippen molar-refractivity contribution in [3.05, 3.63) is 11.8 Å². The second-order valence-electron chi connectivity index (χ2n) is 1.96. The predicted molar refractivity (Wildman–Crippen MR) is 38.5 cm³/mol. The Kier molecular flexibility index (Phi) is 2.05. The molecular weight excluding hydrogens is 146 g/mol. The predicted octanol–water partition coefficient (Wildman–Crippen LogP) is -0.849. The molecule has 1 aromatic heterocycles. The van der Waals surface area contributed by atoms with Gasteiger partial charge in [0.15, 0.2) is 5.96 Å². The van der Waals surface area contributed by atoms with Crippen molar-refractivity contribution in [2.75, 3.05) is 0 Å². The van der Waals surface area contributed by atoms with Crippen molar-refractivity contribution >= 4 is 5.96 Å². The molecular formula is C5H9N5O. The van der Waals surface area contributed by atoms with Crippen LogP contribution in [0.3, 0.4) is 0 Å². The summed E-state index contributed by atoms with van der Waals surface area (Å²) in [6, 6.07) is 0. The van der Waals surface area contributed by atoms with Crippen LogP contribution < -0.4 is 11.5 Å². The van der Waals surface area contributed by atoms with E-state index < -0.39 is 0 Å². The summed E-state index contributed by atoms with van der Waals surface area (Å²) in [6.45, 7) is 1.94. The first-order chi connectivity index (χ1) is 5.18. The van der Waals surface area contributed by atoms with Crippen LogP contribution in [0.2, 0.25) is 0 Å². The average Bonchev–Trinajstić information content (AvgIpc) is 2.31. The van der Waals surface area contributed by atoms with Crippen molar-refractivity contribution in [3.8, 4) is 0 Å². The minimum Gasteiger partial charge on any atom is -0.424 e. The van der Waals surface area contributed by atoms with Gasteiger partial charge in [-0.05, 0) is 0 Å². The number of hydrogen-bond acceptors (Lipinski definition) is 4. The lowest BCUT2D eigenvalue weighted by atomic mass is 10.6. The minimum atomic E-state index is 0.0147. The normalized spacial score (nSPS) is 9.55. The fourth-order valence-electron chi connectivity index (χ4n) is 0.560. The summed E-state index contributed by atoms with van der Waals surface area (Å²) in [4.78, 5) is 3.68. The highest BCUT2D eigenvalue weighted by molar-refractivity contribution is 5.75. The van der Waals surface area contributed by atoms with Crippen molar-refractivity contribution in [1.82, 2.24) is 10.2 Å². The topological polar surface area (TPSA) is 103 Å². The van der Waals surface area contributed by atoms with Crippen LogP contribution in [0.15, 0.2) is 9.41 Å². The Bertz CT molecular complexity index is 262. The maximum Gasteiger partial charge on any atom is 0.237 e. The molecule has 6 heteroatoms. The Morgan fingerprint density at radius 2 is 2.27 bits per heavy atom. The number of aromatic nitrogens is 2. The van der Waals surface area contributed by atoms with E-state index in [1.165, 1.54) is 0 Å². The molecule has 0 fully saturated rings. The molecule has 0 unspecified atom stereocenters. The zero-order chi connectivity index (χ0) is 8.27. The Labute approximate surface area is 63.3 Å². The molecule has 0 saturated heterocycles. The highest BCUT2D eigenvalue weighted by atomic mass is 16.4. The molecule has 0 aliphatic rings. The molecule has 1 rings (SSSR count). The van der Waals surface area contributed by atoms with Crippen LogP contribution in [0.1, 0.15) is 11.8 Å². The number of aliphatic imine (C=N–C) groups is 1. The average molecular weight is 155 g/mol. The second-order valence-corrected chi connectivity index (χ2v) is 1.96. The summed E-state index contributed by atoms with van der Waals surface area (Å²) < 4.78 is 4.99. The first kappa shape index (κ1) is 7.52. The monoisotopic (exact) mass is 155 g/mol. The van der Waals surface area contributed by atoms with Gasteiger partial charge < -0.3 is 15.9 Å². The van der Waals surface area contributed by atoms with Gasteiger partial charge in [0, 0.05) is 6.92 Å². The molecule has 0 aliphatic heterocycles. The number of hydrogen-bond donors (Lipinski definition) is 2. The molecule has 11 heavy (non-hydrogen) atoms. The first-order valence-electron chi connectivity index (χ1n) is 3.03. The van der Waals surface area contributed by atoms with Gasteiger partial charge in [0.05, 0.1) is 0 Å². The number of nitrogens with two attached hydrogens (primary N) is 2. The molecule has 1 heterocycles. The highest BCUT2D eigenvalue weighted by Crippen LogP contribution is 1.98. The zero-order valence-corrected chi connectivity index (χ0v) is 6.11. The summed E-state index contributed by atoms with van der Waals surface area (Å²) >= 11 is 0. The lowest BCUT2D eigenvalue weighted by molar-refractivity contribution is 0.470. The first-order valence-corrected chi connectivity index (χ1v) is 3.03. The van der Waals surface area contributed by atoms with Gasteiger partial charge in [-0.15, -0.1) is 10.2 Å². The fraction of sp³-hybridized carbons (Fsp3) is 0.400. The number of nitrogens with zero attached hydrogens (tertiary/aromatic N) is 3. The van der Waals surface area contributed by atoms with Crippen LogP contribution in [0, 0.1) is 6.92 Å². The van der Waals surface area contributed by atoms with Crippen LogP contribution in [0.5, 0.6) is 0 Å². The van der Waals surface area contributed by atoms with Crippen molar-refractivity contribution in [2.24, 2.45) is 16.5 Å². The third kappa shape index (κ3) is 2.24. The van der Waals surface area contributed by atoms with E-state index in [9.17, 15) is 0 Å². The maximum atomic E-state index is 5.08. The van der Waals surface area contributed by atoms with E-state index in [1.54, 1.807) is 6.92 Å².